The van der Waals surface area contributed by atoms with Gasteiger partial charge in [-0.1, -0.05) is 6.92 Å². The Balaban J connectivity index is 2.85. The van der Waals surface area contributed by atoms with Gasteiger partial charge in [-0.05, 0) is 26.3 Å². The number of rotatable bonds is 8. The van der Waals surface area contributed by atoms with Crippen molar-refractivity contribution in [1.29, 1.82) is 0 Å². The molecule has 0 aromatic carbocycles. The highest BCUT2D eigenvalue weighted by Gasteiger charge is 2.14. The van der Waals surface area contributed by atoms with E-state index in [4.69, 9.17) is 4.74 Å². The number of aromatic nitrogens is 2. The molecule has 0 spiro atoms. The SMILES string of the molecule is CCNc1nccc(N(CCOC)C(C)CC)n1. The number of methoxy groups -OCH3 is 1. The minimum absolute atomic E-state index is 0.435. The number of ether oxygens (including phenoxy) is 1. The van der Waals surface area contributed by atoms with Crippen molar-refractivity contribution in [2.24, 2.45) is 0 Å². The highest BCUT2D eigenvalue weighted by atomic mass is 16.5. The number of hydrogen-bond donors (Lipinski definition) is 1. The third-order valence-corrected chi connectivity index (χ3v) is 2.93. The van der Waals surface area contributed by atoms with Crippen LogP contribution in [0.5, 0.6) is 0 Å². The maximum atomic E-state index is 5.17. The summed E-state index contributed by atoms with van der Waals surface area (Å²) in [6, 6.07) is 2.38. The maximum Gasteiger partial charge on any atom is 0.224 e. The molecule has 0 aliphatic rings. The van der Waals surface area contributed by atoms with E-state index in [2.05, 4.69) is 34.0 Å². The Labute approximate surface area is 110 Å². The van der Waals surface area contributed by atoms with E-state index in [0.717, 1.165) is 25.3 Å². The van der Waals surface area contributed by atoms with Crippen LogP contribution in [0.1, 0.15) is 27.2 Å². The molecule has 0 amide bonds. The molecule has 1 aromatic rings. The van der Waals surface area contributed by atoms with Crippen molar-refractivity contribution in [3.05, 3.63) is 12.3 Å². The summed E-state index contributed by atoms with van der Waals surface area (Å²) in [5, 5.41) is 3.14. The first-order valence-corrected chi connectivity index (χ1v) is 6.55. The van der Waals surface area contributed by atoms with Gasteiger partial charge in [0.1, 0.15) is 5.82 Å². The topological polar surface area (TPSA) is 50.3 Å². The lowest BCUT2D eigenvalue weighted by molar-refractivity contribution is 0.203. The molecule has 0 fully saturated rings. The van der Waals surface area contributed by atoms with Crippen LogP contribution >= 0.6 is 0 Å². The molecule has 0 aliphatic heterocycles. The summed E-state index contributed by atoms with van der Waals surface area (Å²) in [6.07, 6.45) is 2.87. The van der Waals surface area contributed by atoms with E-state index in [1.54, 1.807) is 13.3 Å². The van der Waals surface area contributed by atoms with Crippen molar-refractivity contribution in [1.82, 2.24) is 9.97 Å². The van der Waals surface area contributed by atoms with E-state index in [-0.39, 0.29) is 0 Å². The molecule has 5 heteroatoms. The van der Waals surface area contributed by atoms with Gasteiger partial charge in [0.05, 0.1) is 6.61 Å². The molecule has 18 heavy (non-hydrogen) atoms. The standard InChI is InChI=1S/C13H24N4O/c1-5-11(3)17(9-10-18-4)12-7-8-15-13(16-12)14-6-2/h7-8,11H,5-6,9-10H2,1-4H3,(H,14,15,16). The molecule has 1 heterocycles. The van der Waals surface area contributed by atoms with Crippen molar-refractivity contribution in [2.75, 3.05) is 37.0 Å². The lowest BCUT2D eigenvalue weighted by Gasteiger charge is -2.29. The van der Waals surface area contributed by atoms with Crippen LogP contribution in [0.25, 0.3) is 0 Å². The van der Waals surface area contributed by atoms with Gasteiger partial charge < -0.3 is 15.0 Å². The molecule has 0 saturated heterocycles. The minimum Gasteiger partial charge on any atom is -0.383 e. The zero-order valence-corrected chi connectivity index (χ0v) is 11.8. The van der Waals surface area contributed by atoms with Gasteiger partial charge in [-0.25, -0.2) is 4.98 Å². The monoisotopic (exact) mass is 252 g/mol. The minimum atomic E-state index is 0.435. The van der Waals surface area contributed by atoms with E-state index in [9.17, 15) is 0 Å². The number of nitrogens with one attached hydrogen (secondary N) is 1. The average Bonchev–Trinajstić information content (AvgIpc) is 2.39. The van der Waals surface area contributed by atoms with Gasteiger partial charge in [-0.3, -0.25) is 0 Å². The van der Waals surface area contributed by atoms with E-state index < -0.39 is 0 Å². The Kier molecular flexibility index (Phi) is 6.43. The van der Waals surface area contributed by atoms with Crippen molar-refractivity contribution in [2.45, 2.75) is 33.2 Å². The van der Waals surface area contributed by atoms with E-state index in [1.807, 2.05) is 13.0 Å². The summed E-state index contributed by atoms with van der Waals surface area (Å²) < 4.78 is 5.17. The zero-order chi connectivity index (χ0) is 13.4. The predicted molar refractivity (Wildman–Crippen MR) is 75.2 cm³/mol. The summed E-state index contributed by atoms with van der Waals surface area (Å²) in [5.41, 5.74) is 0. The molecule has 102 valence electrons. The van der Waals surface area contributed by atoms with Crippen molar-refractivity contribution < 1.29 is 4.74 Å². The number of anilines is 2. The Morgan fingerprint density at radius 2 is 2.22 bits per heavy atom. The molecule has 1 unspecified atom stereocenters. The van der Waals surface area contributed by atoms with Crippen LogP contribution in [0, 0.1) is 0 Å². The van der Waals surface area contributed by atoms with Gasteiger partial charge in [-0.2, -0.15) is 4.98 Å². The fourth-order valence-electron chi connectivity index (χ4n) is 1.72. The van der Waals surface area contributed by atoms with Gasteiger partial charge in [0.2, 0.25) is 5.95 Å². The van der Waals surface area contributed by atoms with Gasteiger partial charge >= 0.3 is 0 Å². The fourth-order valence-corrected chi connectivity index (χ4v) is 1.72. The molecule has 1 aromatic heterocycles. The lowest BCUT2D eigenvalue weighted by atomic mass is 10.2. The Morgan fingerprint density at radius 1 is 1.44 bits per heavy atom. The first-order valence-electron chi connectivity index (χ1n) is 6.55. The molecule has 1 atom stereocenters. The van der Waals surface area contributed by atoms with Gasteiger partial charge in [0, 0.05) is 32.4 Å². The molecular formula is C13H24N4O. The molecule has 0 saturated carbocycles. The molecule has 0 bridgehead atoms. The second-order valence-corrected chi connectivity index (χ2v) is 4.21. The number of nitrogens with zero attached hydrogens (tertiary/aromatic N) is 3. The van der Waals surface area contributed by atoms with Crippen molar-refractivity contribution >= 4 is 11.8 Å². The fraction of sp³-hybridized carbons (Fsp3) is 0.692. The van der Waals surface area contributed by atoms with Crippen LogP contribution in [0.15, 0.2) is 12.3 Å². The maximum absolute atomic E-state index is 5.17. The average molecular weight is 252 g/mol. The second-order valence-electron chi connectivity index (χ2n) is 4.21. The summed E-state index contributed by atoms with van der Waals surface area (Å²) in [6.45, 7) is 8.78. The van der Waals surface area contributed by atoms with E-state index in [1.165, 1.54) is 0 Å². The third kappa shape index (κ3) is 4.14. The Morgan fingerprint density at radius 3 is 2.83 bits per heavy atom. The van der Waals surface area contributed by atoms with Gasteiger partial charge in [0.25, 0.3) is 0 Å². The lowest BCUT2D eigenvalue weighted by Crippen LogP contribution is -2.36. The first-order chi connectivity index (χ1) is 8.72. The summed E-state index contributed by atoms with van der Waals surface area (Å²) >= 11 is 0. The second kappa shape index (κ2) is 7.87. The Hall–Kier alpha value is -1.36. The highest BCUT2D eigenvalue weighted by Crippen LogP contribution is 2.16. The van der Waals surface area contributed by atoms with Crippen LogP contribution < -0.4 is 10.2 Å². The molecule has 5 nitrogen and oxygen atoms in total. The van der Waals surface area contributed by atoms with E-state index >= 15 is 0 Å². The number of hydrogen-bond acceptors (Lipinski definition) is 5. The van der Waals surface area contributed by atoms with Crippen LogP contribution in [0.3, 0.4) is 0 Å². The summed E-state index contributed by atoms with van der Waals surface area (Å²) in [7, 11) is 1.72. The summed E-state index contributed by atoms with van der Waals surface area (Å²) in [5.74, 6) is 1.63. The third-order valence-electron chi connectivity index (χ3n) is 2.93. The van der Waals surface area contributed by atoms with Crippen LogP contribution in [0.4, 0.5) is 11.8 Å². The quantitative estimate of drug-likeness (QED) is 0.768. The van der Waals surface area contributed by atoms with Crippen LogP contribution in [-0.4, -0.2) is 42.8 Å². The summed E-state index contributed by atoms with van der Waals surface area (Å²) in [4.78, 5) is 11.0. The van der Waals surface area contributed by atoms with Crippen LogP contribution in [-0.2, 0) is 4.74 Å². The molecule has 0 radical (unpaired) electrons. The molecule has 1 rings (SSSR count). The molecule has 1 N–H and O–H groups in total. The zero-order valence-electron chi connectivity index (χ0n) is 11.8. The largest absolute Gasteiger partial charge is 0.383 e. The van der Waals surface area contributed by atoms with Gasteiger partial charge in [0.15, 0.2) is 0 Å². The van der Waals surface area contributed by atoms with Crippen LogP contribution in [0.2, 0.25) is 0 Å². The molecular weight excluding hydrogens is 228 g/mol. The Bertz CT molecular complexity index is 346. The highest BCUT2D eigenvalue weighted by molar-refractivity contribution is 5.43. The van der Waals surface area contributed by atoms with Gasteiger partial charge in [-0.15, -0.1) is 0 Å². The van der Waals surface area contributed by atoms with Crippen molar-refractivity contribution in [3.63, 3.8) is 0 Å². The normalized spacial score (nSPS) is 12.2. The molecule has 0 aliphatic carbocycles. The van der Waals surface area contributed by atoms with E-state index in [0.29, 0.717) is 18.6 Å². The first kappa shape index (κ1) is 14.7. The predicted octanol–water partition coefficient (Wildman–Crippen LogP) is 2.16. The smallest absolute Gasteiger partial charge is 0.224 e. The van der Waals surface area contributed by atoms with Crippen molar-refractivity contribution in [3.8, 4) is 0 Å².